The van der Waals surface area contributed by atoms with E-state index in [9.17, 15) is 18.0 Å². The van der Waals surface area contributed by atoms with Gasteiger partial charge in [0.2, 0.25) is 5.91 Å². The standard InChI is InChI=1S/C9H6BrClF3NO/c10-4-8(16)15-7-3-5(9(12,13)14)1-2-6(7)11/h1-3H,4H2,(H,15,16). The summed E-state index contributed by atoms with van der Waals surface area (Å²) in [6.07, 6.45) is -4.46. The molecule has 0 aromatic heterocycles. The Morgan fingerprint density at radius 3 is 2.56 bits per heavy atom. The van der Waals surface area contributed by atoms with Gasteiger partial charge in [-0.2, -0.15) is 13.2 Å². The molecule has 0 spiro atoms. The first-order valence-electron chi connectivity index (χ1n) is 4.07. The fourth-order valence-corrected chi connectivity index (χ4v) is 1.29. The summed E-state index contributed by atoms with van der Waals surface area (Å²) in [5, 5.41) is 2.30. The Kier molecular flexibility index (Phi) is 4.21. The molecule has 0 radical (unpaired) electrons. The molecule has 0 unspecified atom stereocenters. The molecule has 0 saturated carbocycles. The number of carbonyl (C=O) groups excluding carboxylic acids is 1. The van der Waals surface area contributed by atoms with Gasteiger partial charge in [0.25, 0.3) is 0 Å². The van der Waals surface area contributed by atoms with Gasteiger partial charge < -0.3 is 5.32 Å². The van der Waals surface area contributed by atoms with E-state index >= 15 is 0 Å². The Balaban J connectivity index is 3.04. The molecule has 0 aliphatic heterocycles. The first-order valence-corrected chi connectivity index (χ1v) is 5.57. The van der Waals surface area contributed by atoms with E-state index < -0.39 is 17.6 Å². The topological polar surface area (TPSA) is 29.1 Å². The van der Waals surface area contributed by atoms with Crippen LogP contribution in [-0.2, 0) is 11.0 Å². The van der Waals surface area contributed by atoms with Crippen molar-refractivity contribution < 1.29 is 18.0 Å². The Bertz CT molecular complexity index is 408. The highest BCUT2D eigenvalue weighted by Crippen LogP contribution is 2.33. The van der Waals surface area contributed by atoms with Crippen LogP contribution >= 0.6 is 27.5 Å². The molecular formula is C9H6BrClF3NO. The molecule has 16 heavy (non-hydrogen) atoms. The number of rotatable bonds is 2. The van der Waals surface area contributed by atoms with Crippen molar-refractivity contribution >= 4 is 39.1 Å². The molecule has 0 fully saturated rings. The second-order valence-electron chi connectivity index (χ2n) is 2.87. The molecule has 1 aromatic rings. The number of hydrogen-bond donors (Lipinski definition) is 1. The molecule has 0 saturated heterocycles. The van der Waals surface area contributed by atoms with Gasteiger partial charge in [0, 0.05) is 0 Å². The lowest BCUT2D eigenvalue weighted by molar-refractivity contribution is -0.137. The Morgan fingerprint density at radius 2 is 2.06 bits per heavy atom. The van der Waals surface area contributed by atoms with Gasteiger partial charge in [-0.3, -0.25) is 4.79 Å². The second-order valence-corrected chi connectivity index (χ2v) is 3.84. The molecule has 1 rings (SSSR count). The molecule has 88 valence electrons. The highest BCUT2D eigenvalue weighted by atomic mass is 79.9. The third-order valence-electron chi connectivity index (χ3n) is 1.69. The van der Waals surface area contributed by atoms with E-state index in [2.05, 4.69) is 21.2 Å². The van der Waals surface area contributed by atoms with Crippen molar-refractivity contribution in [2.24, 2.45) is 0 Å². The summed E-state index contributed by atoms with van der Waals surface area (Å²) in [6.45, 7) is 0. The van der Waals surface area contributed by atoms with Gasteiger partial charge in [-0.05, 0) is 18.2 Å². The zero-order chi connectivity index (χ0) is 12.3. The first kappa shape index (κ1) is 13.3. The number of hydrogen-bond acceptors (Lipinski definition) is 1. The average Bonchev–Trinajstić information content (AvgIpc) is 2.19. The van der Waals surface area contributed by atoms with Crippen LogP contribution < -0.4 is 5.32 Å². The summed E-state index contributed by atoms with van der Waals surface area (Å²) in [7, 11) is 0. The predicted molar refractivity (Wildman–Crippen MR) is 58.9 cm³/mol. The van der Waals surface area contributed by atoms with Crippen LogP contribution in [-0.4, -0.2) is 11.2 Å². The summed E-state index contributed by atoms with van der Waals surface area (Å²) in [5.74, 6) is -0.471. The quantitative estimate of drug-likeness (QED) is 0.828. The number of amides is 1. The minimum atomic E-state index is -4.46. The minimum Gasteiger partial charge on any atom is -0.324 e. The van der Waals surface area contributed by atoms with Crippen LogP contribution in [0.2, 0.25) is 5.02 Å². The Hall–Kier alpha value is -0.750. The number of nitrogens with one attached hydrogen (secondary N) is 1. The summed E-state index contributed by atoms with van der Waals surface area (Å²) in [5.41, 5.74) is -0.914. The monoisotopic (exact) mass is 315 g/mol. The van der Waals surface area contributed by atoms with Gasteiger partial charge in [0.15, 0.2) is 0 Å². The maximum atomic E-state index is 12.4. The third kappa shape index (κ3) is 3.38. The number of carbonyl (C=O) groups is 1. The first-order chi connectivity index (χ1) is 7.34. The van der Waals surface area contributed by atoms with Crippen molar-refractivity contribution in [1.29, 1.82) is 0 Å². The van der Waals surface area contributed by atoms with E-state index in [1.54, 1.807) is 0 Å². The highest BCUT2D eigenvalue weighted by molar-refractivity contribution is 9.09. The van der Waals surface area contributed by atoms with Crippen LogP contribution in [0, 0.1) is 0 Å². The largest absolute Gasteiger partial charge is 0.416 e. The van der Waals surface area contributed by atoms with Crippen molar-refractivity contribution in [3.05, 3.63) is 28.8 Å². The molecule has 0 bridgehead atoms. The molecule has 1 N–H and O–H groups in total. The maximum Gasteiger partial charge on any atom is 0.416 e. The van der Waals surface area contributed by atoms with Crippen LogP contribution in [0.25, 0.3) is 0 Å². The van der Waals surface area contributed by atoms with E-state index in [0.717, 1.165) is 18.2 Å². The van der Waals surface area contributed by atoms with Gasteiger partial charge in [-0.15, -0.1) is 0 Å². The molecule has 1 amide bonds. The van der Waals surface area contributed by atoms with Crippen molar-refractivity contribution in [2.45, 2.75) is 6.18 Å². The molecule has 0 atom stereocenters. The molecule has 2 nitrogen and oxygen atoms in total. The van der Waals surface area contributed by atoms with E-state index in [0.29, 0.717) is 0 Å². The minimum absolute atomic E-state index is 0.0143. The Morgan fingerprint density at radius 1 is 1.44 bits per heavy atom. The second kappa shape index (κ2) is 5.05. The zero-order valence-electron chi connectivity index (χ0n) is 7.74. The maximum absolute atomic E-state index is 12.4. The SMILES string of the molecule is O=C(CBr)Nc1cc(C(F)(F)F)ccc1Cl. The van der Waals surface area contributed by atoms with Crippen LogP contribution in [0.1, 0.15) is 5.56 Å². The fraction of sp³-hybridized carbons (Fsp3) is 0.222. The van der Waals surface area contributed by atoms with Crippen LogP contribution in [0.5, 0.6) is 0 Å². The molecule has 0 aliphatic rings. The number of alkyl halides is 4. The molecular weight excluding hydrogens is 310 g/mol. The van der Waals surface area contributed by atoms with Crippen molar-refractivity contribution in [2.75, 3.05) is 10.6 Å². The van der Waals surface area contributed by atoms with Gasteiger partial charge in [0.05, 0.1) is 21.6 Å². The average molecular weight is 317 g/mol. The summed E-state index contributed by atoms with van der Waals surface area (Å²) in [4.78, 5) is 11.0. The summed E-state index contributed by atoms with van der Waals surface area (Å²) >= 11 is 8.53. The molecule has 0 aliphatic carbocycles. The van der Waals surface area contributed by atoms with Crippen molar-refractivity contribution in [3.8, 4) is 0 Å². The third-order valence-corrected chi connectivity index (χ3v) is 2.53. The van der Waals surface area contributed by atoms with E-state index in [1.165, 1.54) is 0 Å². The van der Waals surface area contributed by atoms with Crippen LogP contribution in [0.3, 0.4) is 0 Å². The lowest BCUT2D eigenvalue weighted by Gasteiger charge is -2.10. The normalized spacial score (nSPS) is 11.3. The number of anilines is 1. The van der Waals surface area contributed by atoms with Crippen LogP contribution in [0.4, 0.5) is 18.9 Å². The van der Waals surface area contributed by atoms with Crippen molar-refractivity contribution in [1.82, 2.24) is 0 Å². The molecule has 1 aromatic carbocycles. The number of benzene rings is 1. The lowest BCUT2D eigenvalue weighted by Crippen LogP contribution is -2.14. The predicted octanol–water partition coefficient (Wildman–Crippen LogP) is 3.69. The van der Waals surface area contributed by atoms with Gasteiger partial charge in [0.1, 0.15) is 0 Å². The van der Waals surface area contributed by atoms with E-state index in [1.807, 2.05) is 0 Å². The summed E-state index contributed by atoms with van der Waals surface area (Å²) < 4.78 is 37.1. The number of halogens is 5. The fourth-order valence-electron chi connectivity index (χ4n) is 0.981. The zero-order valence-corrected chi connectivity index (χ0v) is 10.1. The summed E-state index contributed by atoms with van der Waals surface area (Å²) in [6, 6.07) is 2.74. The van der Waals surface area contributed by atoms with Gasteiger partial charge in [-0.25, -0.2) is 0 Å². The Labute approximate surface area is 103 Å². The smallest absolute Gasteiger partial charge is 0.324 e. The van der Waals surface area contributed by atoms with Crippen molar-refractivity contribution in [3.63, 3.8) is 0 Å². The van der Waals surface area contributed by atoms with Gasteiger partial charge in [-0.1, -0.05) is 27.5 Å². The van der Waals surface area contributed by atoms with E-state index in [4.69, 9.17) is 11.6 Å². The lowest BCUT2D eigenvalue weighted by atomic mass is 10.2. The van der Waals surface area contributed by atoms with Crippen LogP contribution in [0.15, 0.2) is 18.2 Å². The highest BCUT2D eigenvalue weighted by Gasteiger charge is 2.31. The van der Waals surface area contributed by atoms with E-state index in [-0.39, 0.29) is 16.0 Å². The molecule has 0 heterocycles. The molecule has 7 heteroatoms. The van der Waals surface area contributed by atoms with Gasteiger partial charge >= 0.3 is 6.18 Å².